The van der Waals surface area contributed by atoms with E-state index in [1.807, 2.05) is 31.2 Å². The van der Waals surface area contributed by atoms with Crippen molar-refractivity contribution in [1.29, 1.82) is 0 Å². The minimum Gasteiger partial charge on any atom is -0.494 e. The SMILES string of the molecule is COc1cccc2c(Nc3cccc([N+](=O)[O-])c3)cc(C)nc12. The quantitative estimate of drug-likeness (QED) is 0.577. The van der Waals surface area contributed by atoms with Gasteiger partial charge in [-0.05, 0) is 25.1 Å². The number of para-hydroxylation sites is 1. The fourth-order valence-electron chi connectivity index (χ4n) is 2.47. The number of hydrogen-bond acceptors (Lipinski definition) is 5. The number of pyridine rings is 1. The van der Waals surface area contributed by atoms with Gasteiger partial charge in [-0.15, -0.1) is 0 Å². The molecule has 3 aromatic rings. The summed E-state index contributed by atoms with van der Waals surface area (Å²) in [5, 5.41) is 15.0. The van der Waals surface area contributed by atoms with Crippen molar-refractivity contribution in [3.05, 3.63) is 64.3 Å². The Hall–Kier alpha value is -3.15. The van der Waals surface area contributed by atoms with Crippen LogP contribution in [0.15, 0.2) is 48.5 Å². The summed E-state index contributed by atoms with van der Waals surface area (Å²) in [6.45, 7) is 1.89. The van der Waals surface area contributed by atoms with Gasteiger partial charge in [-0.25, -0.2) is 4.98 Å². The van der Waals surface area contributed by atoms with E-state index in [-0.39, 0.29) is 5.69 Å². The van der Waals surface area contributed by atoms with Crippen molar-refractivity contribution in [1.82, 2.24) is 4.98 Å². The molecule has 3 rings (SSSR count). The van der Waals surface area contributed by atoms with Crippen LogP contribution in [0.2, 0.25) is 0 Å². The Morgan fingerprint density at radius 2 is 1.96 bits per heavy atom. The highest BCUT2D eigenvalue weighted by molar-refractivity contribution is 5.96. The standard InChI is InChI=1S/C17H15N3O3/c1-11-9-15(14-7-4-8-16(23-2)17(14)18-11)19-12-5-3-6-13(10-12)20(21)22/h3-10H,1-2H3,(H,18,19). The maximum atomic E-state index is 10.9. The summed E-state index contributed by atoms with van der Waals surface area (Å²) in [4.78, 5) is 15.0. The molecule has 0 saturated carbocycles. The highest BCUT2D eigenvalue weighted by Crippen LogP contribution is 2.32. The first-order valence-electron chi connectivity index (χ1n) is 7.04. The third kappa shape index (κ3) is 2.91. The van der Waals surface area contributed by atoms with E-state index in [1.165, 1.54) is 12.1 Å². The number of hydrogen-bond donors (Lipinski definition) is 1. The van der Waals surface area contributed by atoms with E-state index in [1.54, 1.807) is 19.2 Å². The second-order valence-electron chi connectivity index (χ2n) is 5.10. The number of ether oxygens (including phenoxy) is 1. The Labute approximate surface area is 132 Å². The van der Waals surface area contributed by atoms with Crippen LogP contribution in [-0.2, 0) is 0 Å². The number of nitro benzene ring substituents is 1. The normalized spacial score (nSPS) is 10.5. The third-order valence-electron chi connectivity index (χ3n) is 3.49. The van der Waals surface area contributed by atoms with Crippen molar-refractivity contribution in [3.63, 3.8) is 0 Å². The molecule has 0 amide bonds. The number of nitrogens with zero attached hydrogens (tertiary/aromatic N) is 2. The lowest BCUT2D eigenvalue weighted by Gasteiger charge is -2.12. The molecule has 0 spiro atoms. The molecule has 0 fully saturated rings. The number of nitro groups is 1. The molecule has 0 atom stereocenters. The Morgan fingerprint density at radius 1 is 1.17 bits per heavy atom. The summed E-state index contributed by atoms with van der Waals surface area (Å²) in [6.07, 6.45) is 0. The zero-order valence-corrected chi connectivity index (χ0v) is 12.7. The maximum absolute atomic E-state index is 10.9. The molecular weight excluding hydrogens is 294 g/mol. The number of aromatic nitrogens is 1. The average molecular weight is 309 g/mol. The van der Waals surface area contributed by atoms with Crippen LogP contribution in [0.1, 0.15) is 5.69 Å². The van der Waals surface area contributed by atoms with Gasteiger partial charge >= 0.3 is 0 Å². The summed E-state index contributed by atoms with van der Waals surface area (Å²) < 4.78 is 5.36. The van der Waals surface area contributed by atoms with Crippen molar-refractivity contribution >= 4 is 28.0 Å². The first-order chi connectivity index (χ1) is 11.1. The largest absolute Gasteiger partial charge is 0.494 e. The molecule has 116 valence electrons. The summed E-state index contributed by atoms with van der Waals surface area (Å²) in [7, 11) is 1.60. The van der Waals surface area contributed by atoms with Crippen LogP contribution >= 0.6 is 0 Å². The molecule has 0 unspecified atom stereocenters. The second kappa shape index (κ2) is 5.92. The maximum Gasteiger partial charge on any atom is 0.271 e. The van der Waals surface area contributed by atoms with Crippen molar-refractivity contribution in [2.24, 2.45) is 0 Å². The van der Waals surface area contributed by atoms with Crippen LogP contribution in [0.5, 0.6) is 5.75 Å². The summed E-state index contributed by atoms with van der Waals surface area (Å²) in [6, 6.07) is 14.0. The molecular formula is C17H15N3O3. The van der Waals surface area contributed by atoms with Gasteiger partial charge in [0, 0.05) is 34.6 Å². The van der Waals surface area contributed by atoms with Gasteiger partial charge in [-0.2, -0.15) is 0 Å². The fraction of sp³-hybridized carbons (Fsp3) is 0.118. The zero-order valence-electron chi connectivity index (χ0n) is 12.7. The third-order valence-corrected chi connectivity index (χ3v) is 3.49. The number of aryl methyl sites for hydroxylation is 1. The first-order valence-corrected chi connectivity index (χ1v) is 7.04. The van der Waals surface area contributed by atoms with E-state index in [2.05, 4.69) is 10.3 Å². The highest BCUT2D eigenvalue weighted by Gasteiger charge is 2.10. The number of rotatable bonds is 4. The number of fused-ring (bicyclic) bond motifs is 1. The molecule has 0 aliphatic rings. The molecule has 6 heteroatoms. The summed E-state index contributed by atoms with van der Waals surface area (Å²) in [5.41, 5.74) is 3.10. The van der Waals surface area contributed by atoms with Crippen LogP contribution in [0.3, 0.4) is 0 Å². The van der Waals surface area contributed by atoms with Gasteiger partial charge in [-0.3, -0.25) is 10.1 Å². The molecule has 0 aliphatic carbocycles. The highest BCUT2D eigenvalue weighted by atomic mass is 16.6. The molecule has 1 heterocycles. The van der Waals surface area contributed by atoms with Crippen molar-refractivity contribution in [3.8, 4) is 5.75 Å². The van der Waals surface area contributed by atoms with E-state index in [9.17, 15) is 10.1 Å². The Bertz CT molecular complexity index is 893. The van der Waals surface area contributed by atoms with Crippen LogP contribution in [0.25, 0.3) is 10.9 Å². The van der Waals surface area contributed by atoms with E-state index in [4.69, 9.17) is 4.74 Å². The fourth-order valence-corrected chi connectivity index (χ4v) is 2.47. The minimum atomic E-state index is -0.413. The lowest BCUT2D eigenvalue weighted by atomic mass is 10.1. The van der Waals surface area contributed by atoms with Crippen LogP contribution in [0, 0.1) is 17.0 Å². The molecule has 0 saturated heterocycles. The Morgan fingerprint density at radius 3 is 2.70 bits per heavy atom. The smallest absolute Gasteiger partial charge is 0.271 e. The predicted molar refractivity (Wildman–Crippen MR) is 89.4 cm³/mol. The number of benzene rings is 2. The topological polar surface area (TPSA) is 77.3 Å². The zero-order chi connectivity index (χ0) is 16.4. The van der Waals surface area contributed by atoms with Gasteiger partial charge in [-0.1, -0.05) is 18.2 Å². The van der Waals surface area contributed by atoms with E-state index in [0.29, 0.717) is 11.4 Å². The Balaban J connectivity index is 2.10. The van der Waals surface area contributed by atoms with E-state index in [0.717, 1.165) is 22.3 Å². The molecule has 6 nitrogen and oxygen atoms in total. The van der Waals surface area contributed by atoms with Crippen LogP contribution < -0.4 is 10.1 Å². The van der Waals surface area contributed by atoms with Crippen LogP contribution in [0.4, 0.5) is 17.1 Å². The van der Waals surface area contributed by atoms with E-state index >= 15 is 0 Å². The number of methoxy groups -OCH3 is 1. The summed E-state index contributed by atoms with van der Waals surface area (Å²) >= 11 is 0. The molecule has 2 aromatic carbocycles. The van der Waals surface area contributed by atoms with Gasteiger partial charge in [0.15, 0.2) is 0 Å². The first kappa shape index (κ1) is 14.8. The monoisotopic (exact) mass is 309 g/mol. The number of anilines is 2. The second-order valence-corrected chi connectivity index (χ2v) is 5.10. The van der Waals surface area contributed by atoms with Gasteiger partial charge in [0.25, 0.3) is 5.69 Å². The Kier molecular flexibility index (Phi) is 3.80. The number of nitrogens with one attached hydrogen (secondary N) is 1. The van der Waals surface area contributed by atoms with Gasteiger partial charge in [0.1, 0.15) is 11.3 Å². The molecule has 0 aliphatic heterocycles. The van der Waals surface area contributed by atoms with Crippen molar-refractivity contribution in [2.45, 2.75) is 6.92 Å². The van der Waals surface area contributed by atoms with Crippen molar-refractivity contribution < 1.29 is 9.66 Å². The molecule has 1 aromatic heterocycles. The molecule has 1 N–H and O–H groups in total. The molecule has 0 bridgehead atoms. The minimum absolute atomic E-state index is 0.0441. The van der Waals surface area contributed by atoms with E-state index < -0.39 is 4.92 Å². The van der Waals surface area contributed by atoms with Crippen molar-refractivity contribution in [2.75, 3.05) is 12.4 Å². The molecule has 23 heavy (non-hydrogen) atoms. The average Bonchev–Trinajstić information content (AvgIpc) is 2.54. The molecule has 0 radical (unpaired) electrons. The van der Waals surface area contributed by atoms with Crippen LogP contribution in [-0.4, -0.2) is 17.0 Å². The van der Waals surface area contributed by atoms with Gasteiger partial charge in [0.2, 0.25) is 0 Å². The number of non-ortho nitro benzene ring substituents is 1. The lowest BCUT2D eigenvalue weighted by molar-refractivity contribution is -0.384. The van der Waals surface area contributed by atoms with Gasteiger partial charge in [0.05, 0.1) is 12.0 Å². The summed E-state index contributed by atoms with van der Waals surface area (Å²) in [5.74, 6) is 0.688. The van der Waals surface area contributed by atoms with Gasteiger partial charge < -0.3 is 10.1 Å². The predicted octanol–water partition coefficient (Wildman–Crippen LogP) is 4.20. The lowest BCUT2D eigenvalue weighted by Crippen LogP contribution is -1.97.